The molecule has 0 bridgehead atoms. The van der Waals surface area contributed by atoms with E-state index in [-0.39, 0.29) is 5.75 Å². The third-order valence-electron chi connectivity index (χ3n) is 2.89. The number of anilines is 1. The lowest BCUT2D eigenvalue weighted by molar-refractivity contribution is 0.476. The smallest absolute Gasteiger partial charge is 0.125 e. The molecular formula is C12H15N3O. The number of aromatic nitrogens is 2. The number of nitrogen functional groups attached to an aromatic ring is 1. The van der Waals surface area contributed by atoms with Crippen LogP contribution in [-0.2, 0) is 7.05 Å². The van der Waals surface area contributed by atoms with Gasteiger partial charge in [-0.1, -0.05) is 6.07 Å². The number of rotatable bonds is 1. The number of hydrogen-bond donors (Lipinski definition) is 2. The number of benzene rings is 1. The summed E-state index contributed by atoms with van der Waals surface area (Å²) in [6, 6.07) is 5.34. The quantitative estimate of drug-likeness (QED) is 0.767. The minimum Gasteiger partial charge on any atom is -0.507 e. The van der Waals surface area contributed by atoms with Crippen molar-refractivity contribution in [1.29, 1.82) is 0 Å². The molecule has 0 spiro atoms. The van der Waals surface area contributed by atoms with Gasteiger partial charge < -0.3 is 10.8 Å². The average Bonchev–Trinajstić information content (AvgIpc) is 2.54. The van der Waals surface area contributed by atoms with Gasteiger partial charge in [0.1, 0.15) is 11.6 Å². The second kappa shape index (κ2) is 3.56. The number of phenols is 1. The molecule has 16 heavy (non-hydrogen) atoms. The summed E-state index contributed by atoms with van der Waals surface area (Å²) in [5.74, 6) is 0.816. The fraction of sp³-hybridized carbons (Fsp3) is 0.250. The van der Waals surface area contributed by atoms with Crippen molar-refractivity contribution in [3.8, 4) is 17.0 Å². The number of phenolic OH excluding ortho intramolecular Hbond substituents is 1. The van der Waals surface area contributed by atoms with Gasteiger partial charge in [-0.3, -0.25) is 4.68 Å². The van der Waals surface area contributed by atoms with E-state index < -0.39 is 0 Å². The van der Waals surface area contributed by atoms with Gasteiger partial charge in [-0.2, -0.15) is 5.10 Å². The Balaban J connectivity index is 2.68. The molecule has 0 radical (unpaired) electrons. The Morgan fingerprint density at radius 1 is 1.31 bits per heavy atom. The van der Waals surface area contributed by atoms with Gasteiger partial charge >= 0.3 is 0 Å². The maximum atomic E-state index is 9.88. The van der Waals surface area contributed by atoms with E-state index in [1.807, 2.05) is 19.9 Å². The number of aryl methyl sites for hydroxylation is 2. The van der Waals surface area contributed by atoms with Gasteiger partial charge in [0, 0.05) is 18.7 Å². The molecule has 0 saturated heterocycles. The summed E-state index contributed by atoms with van der Waals surface area (Å²) < 4.78 is 1.59. The molecule has 2 rings (SSSR count). The Bertz CT molecular complexity index is 524. The van der Waals surface area contributed by atoms with Gasteiger partial charge in [0.25, 0.3) is 0 Å². The largest absolute Gasteiger partial charge is 0.507 e. The van der Waals surface area contributed by atoms with Crippen LogP contribution in [0.2, 0.25) is 0 Å². The van der Waals surface area contributed by atoms with E-state index in [0.29, 0.717) is 11.5 Å². The lowest BCUT2D eigenvalue weighted by atomic mass is 10.00. The SMILES string of the molecule is Cc1ccc(O)c(-c2cc(N)n(C)n2)c1C. The van der Waals surface area contributed by atoms with Crippen molar-refractivity contribution < 1.29 is 5.11 Å². The van der Waals surface area contributed by atoms with E-state index in [4.69, 9.17) is 5.73 Å². The topological polar surface area (TPSA) is 64.1 Å². The molecular weight excluding hydrogens is 202 g/mol. The summed E-state index contributed by atoms with van der Waals surface area (Å²) in [6.07, 6.45) is 0. The third-order valence-corrected chi connectivity index (χ3v) is 2.89. The van der Waals surface area contributed by atoms with Gasteiger partial charge in [-0.05, 0) is 31.0 Å². The van der Waals surface area contributed by atoms with Crippen LogP contribution in [-0.4, -0.2) is 14.9 Å². The first-order valence-electron chi connectivity index (χ1n) is 5.09. The van der Waals surface area contributed by atoms with E-state index >= 15 is 0 Å². The fourth-order valence-corrected chi connectivity index (χ4v) is 1.73. The Morgan fingerprint density at radius 3 is 2.56 bits per heavy atom. The molecule has 0 aliphatic carbocycles. The number of hydrogen-bond acceptors (Lipinski definition) is 3. The van der Waals surface area contributed by atoms with E-state index in [1.165, 1.54) is 0 Å². The second-order valence-electron chi connectivity index (χ2n) is 3.98. The first-order valence-corrected chi connectivity index (χ1v) is 5.09. The van der Waals surface area contributed by atoms with Crippen molar-refractivity contribution >= 4 is 5.82 Å². The van der Waals surface area contributed by atoms with E-state index in [0.717, 1.165) is 16.7 Å². The maximum absolute atomic E-state index is 9.88. The van der Waals surface area contributed by atoms with Crippen LogP contribution in [0.5, 0.6) is 5.75 Å². The van der Waals surface area contributed by atoms with Crippen LogP contribution in [0.3, 0.4) is 0 Å². The summed E-state index contributed by atoms with van der Waals surface area (Å²) in [7, 11) is 1.78. The van der Waals surface area contributed by atoms with Crippen molar-refractivity contribution in [2.24, 2.45) is 7.05 Å². The van der Waals surface area contributed by atoms with Crippen molar-refractivity contribution in [3.63, 3.8) is 0 Å². The lowest BCUT2D eigenvalue weighted by Gasteiger charge is -2.08. The van der Waals surface area contributed by atoms with Gasteiger partial charge in [0.05, 0.1) is 5.69 Å². The Morgan fingerprint density at radius 2 is 2.00 bits per heavy atom. The van der Waals surface area contributed by atoms with Gasteiger partial charge in [-0.15, -0.1) is 0 Å². The highest BCUT2D eigenvalue weighted by molar-refractivity contribution is 5.73. The molecule has 3 N–H and O–H groups in total. The van der Waals surface area contributed by atoms with E-state index in [1.54, 1.807) is 23.9 Å². The average molecular weight is 217 g/mol. The molecule has 1 heterocycles. The van der Waals surface area contributed by atoms with Crippen molar-refractivity contribution in [2.45, 2.75) is 13.8 Å². The first kappa shape index (κ1) is 10.5. The van der Waals surface area contributed by atoms with Crippen molar-refractivity contribution in [3.05, 3.63) is 29.3 Å². The van der Waals surface area contributed by atoms with E-state index in [9.17, 15) is 5.11 Å². The van der Waals surface area contributed by atoms with Gasteiger partial charge in [0.15, 0.2) is 0 Å². The predicted octanol–water partition coefficient (Wildman–Crippen LogP) is 1.99. The highest BCUT2D eigenvalue weighted by Gasteiger charge is 2.13. The molecule has 2 aromatic rings. The highest BCUT2D eigenvalue weighted by atomic mass is 16.3. The summed E-state index contributed by atoms with van der Waals surface area (Å²) in [6.45, 7) is 3.97. The molecule has 4 nitrogen and oxygen atoms in total. The summed E-state index contributed by atoms with van der Waals surface area (Å²) >= 11 is 0. The zero-order valence-electron chi connectivity index (χ0n) is 9.65. The molecule has 0 saturated carbocycles. The maximum Gasteiger partial charge on any atom is 0.125 e. The third kappa shape index (κ3) is 1.52. The number of aromatic hydroxyl groups is 1. The zero-order valence-corrected chi connectivity index (χ0v) is 9.65. The molecule has 0 aliphatic heterocycles. The summed E-state index contributed by atoms with van der Waals surface area (Å²) in [5, 5.41) is 14.2. The monoisotopic (exact) mass is 217 g/mol. The minimum atomic E-state index is 0.237. The Labute approximate surface area is 94.3 Å². The molecule has 0 amide bonds. The minimum absolute atomic E-state index is 0.237. The Hall–Kier alpha value is -1.97. The number of nitrogens with two attached hydrogens (primary N) is 1. The molecule has 0 aliphatic rings. The number of nitrogens with zero attached hydrogens (tertiary/aromatic N) is 2. The zero-order chi connectivity index (χ0) is 11.9. The molecule has 84 valence electrons. The van der Waals surface area contributed by atoms with E-state index in [2.05, 4.69) is 5.10 Å². The van der Waals surface area contributed by atoms with Gasteiger partial charge in [0.2, 0.25) is 0 Å². The van der Waals surface area contributed by atoms with Crippen LogP contribution >= 0.6 is 0 Å². The molecule has 0 unspecified atom stereocenters. The van der Waals surface area contributed by atoms with Crippen molar-refractivity contribution in [2.75, 3.05) is 5.73 Å². The van der Waals surface area contributed by atoms with Crippen LogP contribution in [0.4, 0.5) is 5.82 Å². The van der Waals surface area contributed by atoms with Crippen LogP contribution < -0.4 is 5.73 Å². The first-order chi connectivity index (χ1) is 7.50. The predicted molar refractivity (Wildman–Crippen MR) is 64.2 cm³/mol. The van der Waals surface area contributed by atoms with Gasteiger partial charge in [-0.25, -0.2) is 0 Å². The standard InChI is InChI=1S/C12H15N3O/c1-7-4-5-10(16)12(8(7)2)9-6-11(13)15(3)14-9/h4-6,16H,13H2,1-3H3. The fourth-order valence-electron chi connectivity index (χ4n) is 1.73. The summed E-state index contributed by atoms with van der Waals surface area (Å²) in [4.78, 5) is 0. The van der Waals surface area contributed by atoms with Crippen LogP contribution in [0.1, 0.15) is 11.1 Å². The second-order valence-corrected chi connectivity index (χ2v) is 3.98. The van der Waals surface area contributed by atoms with Crippen LogP contribution in [0.25, 0.3) is 11.3 Å². The normalized spacial score (nSPS) is 10.7. The summed E-state index contributed by atoms with van der Waals surface area (Å²) in [5.41, 5.74) is 9.35. The molecule has 0 atom stereocenters. The Kier molecular flexibility index (Phi) is 2.34. The van der Waals surface area contributed by atoms with Crippen molar-refractivity contribution in [1.82, 2.24) is 9.78 Å². The lowest BCUT2D eigenvalue weighted by Crippen LogP contribution is -1.96. The molecule has 4 heteroatoms. The molecule has 1 aromatic carbocycles. The highest BCUT2D eigenvalue weighted by Crippen LogP contribution is 2.33. The van der Waals surface area contributed by atoms with Crippen LogP contribution in [0, 0.1) is 13.8 Å². The molecule has 0 fully saturated rings. The molecule has 1 aromatic heterocycles. The van der Waals surface area contributed by atoms with Crippen LogP contribution in [0.15, 0.2) is 18.2 Å².